The standard InChI is InChI=1S/C62H108O6/c1-4-7-10-13-16-19-22-24-26-27-28-29-30-31-32-33-34-35-36-38-40-43-46-49-52-55-61(64)67-58-59(57-66-60(63)54-51-48-45-42-39-21-18-15-12-9-6-3)68-62(65)56-53-50-47-44-41-37-25-23-20-17-14-11-8-5-2/h7,10,14,16-17,19,23-26,28-29,59H,4-6,8-9,11-13,15,18,20-22,27,30-58H2,1-3H3/b10-7-,17-14-,19-16-,25-23-,26-24-,29-28-. The summed E-state index contributed by atoms with van der Waals surface area (Å²) in [6, 6.07) is 0. The number of hydrogen-bond donors (Lipinski definition) is 0. The normalized spacial score (nSPS) is 12.6. The minimum atomic E-state index is -0.780. The molecule has 0 aliphatic heterocycles. The molecule has 6 nitrogen and oxygen atoms in total. The molecule has 0 aromatic rings. The van der Waals surface area contributed by atoms with Crippen molar-refractivity contribution in [3.63, 3.8) is 0 Å². The van der Waals surface area contributed by atoms with Crippen molar-refractivity contribution in [2.45, 2.75) is 290 Å². The second-order valence-corrected chi connectivity index (χ2v) is 19.2. The number of unbranched alkanes of at least 4 members (excludes halogenated alkanes) is 29. The van der Waals surface area contributed by atoms with E-state index in [1.54, 1.807) is 0 Å². The van der Waals surface area contributed by atoms with E-state index in [9.17, 15) is 14.4 Å². The van der Waals surface area contributed by atoms with Crippen LogP contribution in [0.25, 0.3) is 0 Å². The molecule has 0 spiro atoms. The highest BCUT2D eigenvalue weighted by Gasteiger charge is 2.19. The Bertz CT molecular complexity index is 1270. The van der Waals surface area contributed by atoms with Gasteiger partial charge in [-0.1, -0.05) is 254 Å². The molecule has 0 amide bonds. The van der Waals surface area contributed by atoms with Crippen LogP contribution in [0.4, 0.5) is 0 Å². The average Bonchev–Trinajstić information content (AvgIpc) is 3.34. The lowest BCUT2D eigenvalue weighted by atomic mass is 10.0. The molecule has 6 heteroatoms. The summed E-state index contributed by atoms with van der Waals surface area (Å²) in [6.45, 7) is 6.48. The van der Waals surface area contributed by atoms with Gasteiger partial charge >= 0.3 is 17.9 Å². The molecule has 0 aromatic heterocycles. The van der Waals surface area contributed by atoms with Gasteiger partial charge in [-0.15, -0.1) is 0 Å². The van der Waals surface area contributed by atoms with Gasteiger partial charge in [0.1, 0.15) is 13.2 Å². The molecule has 0 N–H and O–H groups in total. The van der Waals surface area contributed by atoms with Crippen molar-refractivity contribution in [3.8, 4) is 0 Å². The Morgan fingerprint density at radius 3 is 0.941 bits per heavy atom. The molecule has 392 valence electrons. The highest BCUT2D eigenvalue weighted by Crippen LogP contribution is 2.16. The molecule has 68 heavy (non-hydrogen) atoms. The van der Waals surface area contributed by atoms with Gasteiger partial charge in [0, 0.05) is 19.3 Å². The Kier molecular flexibility index (Phi) is 53.8. The van der Waals surface area contributed by atoms with Crippen LogP contribution >= 0.6 is 0 Å². The second kappa shape index (κ2) is 56.4. The highest BCUT2D eigenvalue weighted by atomic mass is 16.6. The summed E-state index contributed by atoms with van der Waals surface area (Å²) >= 11 is 0. The first kappa shape index (κ1) is 64.8. The fourth-order valence-corrected chi connectivity index (χ4v) is 8.10. The maximum atomic E-state index is 12.8. The summed E-state index contributed by atoms with van der Waals surface area (Å²) in [5.41, 5.74) is 0. The minimum Gasteiger partial charge on any atom is -0.462 e. The number of esters is 3. The maximum Gasteiger partial charge on any atom is 0.306 e. The van der Waals surface area contributed by atoms with Gasteiger partial charge in [0.25, 0.3) is 0 Å². The molecule has 0 radical (unpaired) electrons. The fraction of sp³-hybridized carbons (Fsp3) is 0.758. The Hall–Kier alpha value is -3.15. The van der Waals surface area contributed by atoms with Gasteiger partial charge in [-0.25, -0.2) is 0 Å². The molecule has 0 heterocycles. The fourth-order valence-electron chi connectivity index (χ4n) is 8.10. The zero-order valence-electron chi connectivity index (χ0n) is 44.9. The predicted molar refractivity (Wildman–Crippen MR) is 293 cm³/mol. The highest BCUT2D eigenvalue weighted by molar-refractivity contribution is 5.71. The van der Waals surface area contributed by atoms with E-state index in [2.05, 4.69) is 93.7 Å². The molecule has 0 bridgehead atoms. The number of rotatable bonds is 52. The molecule has 0 rings (SSSR count). The van der Waals surface area contributed by atoms with Gasteiger partial charge in [-0.05, 0) is 83.5 Å². The van der Waals surface area contributed by atoms with E-state index in [0.29, 0.717) is 19.3 Å². The third kappa shape index (κ3) is 53.8. The molecule has 0 saturated carbocycles. The zero-order chi connectivity index (χ0) is 49.3. The molecule has 0 aliphatic rings. The summed E-state index contributed by atoms with van der Waals surface area (Å²) in [5, 5.41) is 0. The first-order valence-corrected chi connectivity index (χ1v) is 28.9. The van der Waals surface area contributed by atoms with E-state index in [0.717, 1.165) is 109 Å². The van der Waals surface area contributed by atoms with Crippen LogP contribution < -0.4 is 0 Å². The molecule has 1 unspecified atom stereocenters. The Morgan fingerprint density at radius 2 is 0.588 bits per heavy atom. The van der Waals surface area contributed by atoms with Crippen molar-refractivity contribution in [2.75, 3.05) is 13.2 Å². The Labute approximate surface area is 421 Å². The summed E-state index contributed by atoms with van der Waals surface area (Å²) in [6.07, 6.45) is 71.8. The van der Waals surface area contributed by atoms with E-state index < -0.39 is 6.10 Å². The summed E-state index contributed by atoms with van der Waals surface area (Å²) in [7, 11) is 0. The SMILES string of the molecule is CC/C=C\C/C=C\C/C=C\C/C=C\CCCCCCCCCCCCCCC(=O)OCC(COC(=O)CCCCCCCCCCCCC)OC(=O)CCCCCCC/C=C\C/C=C\CCCC. The number of carbonyl (C=O) groups is 3. The molecular weight excluding hydrogens is 841 g/mol. The van der Waals surface area contributed by atoms with Gasteiger partial charge < -0.3 is 14.2 Å². The van der Waals surface area contributed by atoms with E-state index in [1.807, 2.05) is 0 Å². The van der Waals surface area contributed by atoms with Crippen molar-refractivity contribution in [3.05, 3.63) is 72.9 Å². The van der Waals surface area contributed by atoms with E-state index in [-0.39, 0.29) is 31.1 Å². The Morgan fingerprint density at radius 1 is 0.309 bits per heavy atom. The number of ether oxygens (including phenoxy) is 3. The third-order valence-electron chi connectivity index (χ3n) is 12.4. The van der Waals surface area contributed by atoms with Crippen molar-refractivity contribution in [1.82, 2.24) is 0 Å². The van der Waals surface area contributed by atoms with Crippen LogP contribution in [0.5, 0.6) is 0 Å². The van der Waals surface area contributed by atoms with Gasteiger partial charge in [-0.3, -0.25) is 14.4 Å². The van der Waals surface area contributed by atoms with Crippen molar-refractivity contribution in [2.24, 2.45) is 0 Å². The largest absolute Gasteiger partial charge is 0.462 e. The number of hydrogen-bond acceptors (Lipinski definition) is 6. The average molecular weight is 950 g/mol. The topological polar surface area (TPSA) is 78.9 Å². The van der Waals surface area contributed by atoms with Gasteiger partial charge in [0.15, 0.2) is 6.10 Å². The monoisotopic (exact) mass is 949 g/mol. The quantitative estimate of drug-likeness (QED) is 0.0262. The summed E-state index contributed by atoms with van der Waals surface area (Å²) < 4.78 is 16.8. The summed E-state index contributed by atoms with van der Waals surface area (Å²) in [4.78, 5) is 38.1. The van der Waals surface area contributed by atoms with Gasteiger partial charge in [0.2, 0.25) is 0 Å². The minimum absolute atomic E-state index is 0.0788. The van der Waals surface area contributed by atoms with Crippen LogP contribution in [0.3, 0.4) is 0 Å². The van der Waals surface area contributed by atoms with Crippen LogP contribution in [0.1, 0.15) is 284 Å². The van der Waals surface area contributed by atoms with Crippen LogP contribution in [0.15, 0.2) is 72.9 Å². The first-order chi connectivity index (χ1) is 33.5. The van der Waals surface area contributed by atoms with Crippen LogP contribution in [0.2, 0.25) is 0 Å². The van der Waals surface area contributed by atoms with E-state index >= 15 is 0 Å². The van der Waals surface area contributed by atoms with Crippen molar-refractivity contribution < 1.29 is 28.6 Å². The zero-order valence-corrected chi connectivity index (χ0v) is 44.9. The summed E-state index contributed by atoms with van der Waals surface area (Å²) in [5.74, 6) is -0.887. The van der Waals surface area contributed by atoms with Crippen LogP contribution in [-0.2, 0) is 28.6 Å². The maximum absolute atomic E-state index is 12.8. The van der Waals surface area contributed by atoms with Gasteiger partial charge in [-0.2, -0.15) is 0 Å². The van der Waals surface area contributed by atoms with E-state index in [1.165, 1.54) is 135 Å². The Balaban J connectivity index is 4.25. The second-order valence-electron chi connectivity index (χ2n) is 19.2. The predicted octanol–water partition coefficient (Wildman–Crippen LogP) is 19.4. The third-order valence-corrected chi connectivity index (χ3v) is 12.4. The smallest absolute Gasteiger partial charge is 0.306 e. The lowest BCUT2D eigenvalue weighted by Crippen LogP contribution is -2.30. The number of carbonyl (C=O) groups excluding carboxylic acids is 3. The molecule has 0 fully saturated rings. The van der Waals surface area contributed by atoms with Crippen molar-refractivity contribution >= 4 is 17.9 Å². The van der Waals surface area contributed by atoms with Crippen LogP contribution in [0, 0.1) is 0 Å². The molecule has 0 aliphatic carbocycles. The van der Waals surface area contributed by atoms with Gasteiger partial charge in [0.05, 0.1) is 0 Å². The first-order valence-electron chi connectivity index (χ1n) is 28.9. The number of allylic oxidation sites excluding steroid dienone is 12. The molecule has 1 atom stereocenters. The van der Waals surface area contributed by atoms with E-state index in [4.69, 9.17) is 14.2 Å². The van der Waals surface area contributed by atoms with Crippen molar-refractivity contribution in [1.29, 1.82) is 0 Å². The molecular formula is C62H108O6. The lowest BCUT2D eigenvalue weighted by Gasteiger charge is -2.18. The lowest BCUT2D eigenvalue weighted by molar-refractivity contribution is -0.167. The molecule has 0 aromatic carbocycles. The molecule has 0 saturated heterocycles. The van der Waals surface area contributed by atoms with Crippen LogP contribution in [-0.4, -0.2) is 37.2 Å².